The van der Waals surface area contributed by atoms with Crippen molar-refractivity contribution in [2.75, 3.05) is 6.61 Å². The molecular weight excluding hydrogens is 170 g/mol. The van der Waals surface area contributed by atoms with Crippen molar-refractivity contribution in [3.8, 4) is 0 Å². The Morgan fingerprint density at radius 2 is 1.92 bits per heavy atom. The summed E-state index contributed by atoms with van der Waals surface area (Å²) in [6.07, 6.45) is 0.580. The third-order valence-corrected chi connectivity index (χ3v) is 1.96. The molecule has 0 aliphatic carbocycles. The highest BCUT2D eigenvalue weighted by Gasteiger charge is 2.22. The molecule has 0 aromatic rings. The molecule has 0 aliphatic rings. The average Bonchev–Trinajstić information content (AvgIpc) is 1.99. The molecule has 0 saturated heterocycles. The number of rotatable bonds is 6. The minimum atomic E-state index is -0.834. The predicted octanol–water partition coefficient (Wildman–Crippen LogP) is 0.456. The minimum absolute atomic E-state index is 0.0356. The highest BCUT2D eigenvalue weighted by Crippen LogP contribution is 2.04. The van der Waals surface area contributed by atoms with Crippen LogP contribution in [0.2, 0.25) is 0 Å². The molecule has 78 valence electrons. The Bertz CT molecular complexity index is 159. The van der Waals surface area contributed by atoms with E-state index in [1.54, 1.807) is 0 Å². The molecule has 0 amide bonds. The van der Waals surface area contributed by atoms with Crippen molar-refractivity contribution in [2.24, 2.45) is 5.92 Å². The van der Waals surface area contributed by atoms with Gasteiger partial charge in [-0.15, -0.1) is 0 Å². The van der Waals surface area contributed by atoms with Gasteiger partial charge in [0.15, 0.2) is 0 Å². The van der Waals surface area contributed by atoms with Gasteiger partial charge in [0.05, 0.1) is 0 Å². The topological polar surface area (TPSA) is 69.6 Å². The minimum Gasteiger partial charge on any atom is -0.480 e. The van der Waals surface area contributed by atoms with E-state index in [2.05, 4.69) is 5.32 Å². The Hall–Kier alpha value is -0.610. The predicted molar refractivity (Wildman–Crippen MR) is 50.6 cm³/mol. The van der Waals surface area contributed by atoms with Gasteiger partial charge < -0.3 is 15.5 Å². The van der Waals surface area contributed by atoms with Crippen LogP contribution in [0.1, 0.15) is 27.2 Å². The van der Waals surface area contributed by atoms with Crippen molar-refractivity contribution in [1.29, 1.82) is 0 Å². The van der Waals surface area contributed by atoms with Gasteiger partial charge in [0.1, 0.15) is 6.04 Å². The Kier molecular flexibility index (Phi) is 5.66. The summed E-state index contributed by atoms with van der Waals surface area (Å²) in [5.41, 5.74) is 0. The molecule has 2 unspecified atom stereocenters. The second-order valence-electron chi connectivity index (χ2n) is 3.64. The average molecular weight is 189 g/mol. The number of hydrogen-bond acceptors (Lipinski definition) is 3. The van der Waals surface area contributed by atoms with Crippen LogP contribution in [0.3, 0.4) is 0 Å². The van der Waals surface area contributed by atoms with Crippen molar-refractivity contribution < 1.29 is 15.0 Å². The molecule has 4 heteroatoms. The van der Waals surface area contributed by atoms with Gasteiger partial charge in [-0.3, -0.25) is 4.79 Å². The van der Waals surface area contributed by atoms with E-state index in [0.29, 0.717) is 6.42 Å². The highest BCUT2D eigenvalue weighted by molar-refractivity contribution is 5.73. The quantitative estimate of drug-likeness (QED) is 0.567. The molecule has 0 heterocycles. The molecule has 13 heavy (non-hydrogen) atoms. The van der Waals surface area contributed by atoms with Crippen molar-refractivity contribution in [3.63, 3.8) is 0 Å². The van der Waals surface area contributed by atoms with E-state index in [0.717, 1.165) is 0 Å². The van der Waals surface area contributed by atoms with Gasteiger partial charge in [-0.05, 0) is 19.3 Å². The Morgan fingerprint density at radius 3 is 2.23 bits per heavy atom. The number of carboxylic acid groups (broad SMARTS) is 1. The highest BCUT2D eigenvalue weighted by atomic mass is 16.4. The zero-order valence-corrected chi connectivity index (χ0v) is 8.45. The number of aliphatic carboxylic acids is 1. The largest absolute Gasteiger partial charge is 0.480 e. The molecule has 3 N–H and O–H groups in total. The van der Waals surface area contributed by atoms with Crippen LogP contribution in [0.4, 0.5) is 0 Å². The lowest BCUT2D eigenvalue weighted by atomic mass is 10.0. The van der Waals surface area contributed by atoms with Crippen molar-refractivity contribution >= 4 is 5.97 Å². The number of aliphatic hydroxyl groups excluding tert-OH is 1. The van der Waals surface area contributed by atoms with Crippen LogP contribution in [0.5, 0.6) is 0 Å². The van der Waals surface area contributed by atoms with Crippen LogP contribution in [0.15, 0.2) is 0 Å². The van der Waals surface area contributed by atoms with E-state index >= 15 is 0 Å². The first-order chi connectivity index (χ1) is 5.99. The first-order valence-corrected chi connectivity index (χ1v) is 4.58. The van der Waals surface area contributed by atoms with Crippen LogP contribution < -0.4 is 5.32 Å². The fraction of sp³-hybridized carbons (Fsp3) is 0.889. The summed E-state index contributed by atoms with van der Waals surface area (Å²) >= 11 is 0. The summed E-state index contributed by atoms with van der Waals surface area (Å²) in [7, 11) is 0. The Labute approximate surface area is 79.0 Å². The zero-order valence-electron chi connectivity index (χ0n) is 8.45. The van der Waals surface area contributed by atoms with Crippen LogP contribution >= 0.6 is 0 Å². The second-order valence-corrected chi connectivity index (χ2v) is 3.64. The summed E-state index contributed by atoms with van der Waals surface area (Å²) in [5, 5.41) is 20.4. The van der Waals surface area contributed by atoms with Gasteiger partial charge in [-0.2, -0.15) is 0 Å². The molecule has 0 fully saturated rings. The summed E-state index contributed by atoms with van der Waals surface area (Å²) < 4.78 is 0. The van der Waals surface area contributed by atoms with Gasteiger partial charge >= 0.3 is 5.97 Å². The number of aliphatic hydroxyl groups is 1. The monoisotopic (exact) mass is 189 g/mol. The third kappa shape index (κ3) is 4.85. The maximum absolute atomic E-state index is 10.8. The summed E-state index contributed by atoms with van der Waals surface area (Å²) in [6, 6.07) is -0.491. The maximum atomic E-state index is 10.8. The third-order valence-electron chi connectivity index (χ3n) is 1.96. The maximum Gasteiger partial charge on any atom is 0.320 e. The fourth-order valence-electron chi connectivity index (χ4n) is 1.13. The molecule has 2 atom stereocenters. The number of hydrogen-bond donors (Lipinski definition) is 3. The van der Waals surface area contributed by atoms with Crippen LogP contribution in [0.25, 0.3) is 0 Å². The summed E-state index contributed by atoms with van der Waals surface area (Å²) in [5.74, 6) is -0.779. The lowest BCUT2D eigenvalue weighted by molar-refractivity contribution is -0.140. The molecular formula is C9H19NO3. The van der Waals surface area contributed by atoms with Gasteiger partial charge in [0.25, 0.3) is 0 Å². The fourth-order valence-corrected chi connectivity index (χ4v) is 1.13. The molecule has 0 aliphatic heterocycles. The number of nitrogens with one attached hydrogen (secondary N) is 1. The van der Waals surface area contributed by atoms with Gasteiger partial charge in [-0.25, -0.2) is 0 Å². The molecule has 0 rings (SSSR count). The van der Waals surface area contributed by atoms with Gasteiger partial charge in [-0.1, -0.05) is 13.8 Å². The first kappa shape index (κ1) is 12.4. The molecule has 0 saturated carbocycles. The molecule has 0 aromatic heterocycles. The van der Waals surface area contributed by atoms with E-state index in [4.69, 9.17) is 10.2 Å². The molecule has 0 spiro atoms. The van der Waals surface area contributed by atoms with Crippen LogP contribution in [0, 0.1) is 5.92 Å². The van der Waals surface area contributed by atoms with Crippen LogP contribution in [-0.4, -0.2) is 34.9 Å². The number of carbonyl (C=O) groups is 1. The lowest BCUT2D eigenvalue weighted by Crippen LogP contribution is -2.45. The van der Waals surface area contributed by atoms with Crippen molar-refractivity contribution in [3.05, 3.63) is 0 Å². The van der Waals surface area contributed by atoms with Crippen LogP contribution in [-0.2, 0) is 4.79 Å². The summed E-state index contributed by atoms with van der Waals surface area (Å²) in [4.78, 5) is 10.8. The standard InChI is InChI=1S/C9H19NO3/c1-6(2)8(9(12)13)10-7(3)4-5-11/h6-8,10-11H,4-5H2,1-3H3,(H,12,13). The van der Waals surface area contributed by atoms with E-state index < -0.39 is 12.0 Å². The second kappa shape index (κ2) is 5.94. The van der Waals surface area contributed by atoms with Crippen molar-refractivity contribution in [2.45, 2.75) is 39.3 Å². The smallest absolute Gasteiger partial charge is 0.320 e. The van der Waals surface area contributed by atoms with E-state index in [1.807, 2.05) is 20.8 Å². The first-order valence-electron chi connectivity index (χ1n) is 4.58. The van der Waals surface area contributed by atoms with Crippen molar-refractivity contribution in [1.82, 2.24) is 5.32 Å². The Balaban J connectivity index is 4.02. The SMILES string of the molecule is CC(CCO)NC(C(=O)O)C(C)C. The van der Waals surface area contributed by atoms with E-state index in [-0.39, 0.29) is 18.6 Å². The van der Waals surface area contributed by atoms with Gasteiger partial charge in [0, 0.05) is 12.6 Å². The molecule has 4 nitrogen and oxygen atoms in total. The lowest BCUT2D eigenvalue weighted by Gasteiger charge is -2.22. The van der Waals surface area contributed by atoms with Gasteiger partial charge in [0.2, 0.25) is 0 Å². The molecule has 0 aromatic carbocycles. The molecule has 0 bridgehead atoms. The molecule has 0 radical (unpaired) electrons. The number of carboxylic acids is 1. The van der Waals surface area contributed by atoms with E-state index in [9.17, 15) is 4.79 Å². The van der Waals surface area contributed by atoms with E-state index in [1.165, 1.54) is 0 Å². The normalized spacial score (nSPS) is 15.8. The summed E-state index contributed by atoms with van der Waals surface area (Å²) in [6.45, 7) is 5.67. The zero-order chi connectivity index (χ0) is 10.4. The Morgan fingerprint density at radius 1 is 1.38 bits per heavy atom.